The molecule has 30 heavy (non-hydrogen) atoms. The summed E-state index contributed by atoms with van der Waals surface area (Å²) in [5.41, 5.74) is 3.67. The third-order valence-electron chi connectivity index (χ3n) is 6.31. The Morgan fingerprint density at radius 3 is 2.50 bits per heavy atom. The summed E-state index contributed by atoms with van der Waals surface area (Å²) in [6, 6.07) is 15.2. The van der Waals surface area contributed by atoms with Crippen LogP contribution in [0.25, 0.3) is 5.65 Å². The minimum atomic E-state index is 0.588. The van der Waals surface area contributed by atoms with Gasteiger partial charge in [0.15, 0.2) is 11.5 Å². The molecule has 5 rings (SSSR count). The minimum absolute atomic E-state index is 0.588. The lowest BCUT2D eigenvalue weighted by Crippen LogP contribution is -2.36. The number of morpholine rings is 1. The van der Waals surface area contributed by atoms with E-state index < -0.39 is 0 Å². The van der Waals surface area contributed by atoms with Gasteiger partial charge in [-0.25, -0.2) is 0 Å². The quantitative estimate of drug-likeness (QED) is 0.668. The zero-order valence-electron chi connectivity index (χ0n) is 17.1. The van der Waals surface area contributed by atoms with Crippen LogP contribution < -0.4 is 4.90 Å². The zero-order valence-corrected chi connectivity index (χ0v) is 17.1. The van der Waals surface area contributed by atoms with Crippen LogP contribution in [0.5, 0.6) is 0 Å². The van der Waals surface area contributed by atoms with Gasteiger partial charge in [0.2, 0.25) is 0 Å². The highest BCUT2D eigenvalue weighted by molar-refractivity contribution is 5.71. The van der Waals surface area contributed by atoms with Crippen LogP contribution in [0, 0.1) is 11.3 Å². The van der Waals surface area contributed by atoms with Crippen LogP contribution >= 0.6 is 0 Å². The first-order valence-corrected chi connectivity index (χ1v) is 10.7. The second-order valence-corrected chi connectivity index (χ2v) is 8.06. The normalized spacial score (nSPS) is 18.6. The second kappa shape index (κ2) is 8.42. The van der Waals surface area contributed by atoms with E-state index in [0.717, 1.165) is 70.3 Å². The smallest absolute Gasteiger partial charge is 0.180 e. The Morgan fingerprint density at radius 2 is 1.77 bits per heavy atom. The van der Waals surface area contributed by atoms with Gasteiger partial charge in [0.25, 0.3) is 0 Å². The highest BCUT2D eigenvalue weighted by Gasteiger charge is 2.24. The van der Waals surface area contributed by atoms with Crippen LogP contribution in [0.2, 0.25) is 0 Å². The molecule has 2 aliphatic heterocycles. The van der Waals surface area contributed by atoms with E-state index in [1.165, 1.54) is 5.56 Å². The standard InChI is InChI=1S/C23H26N6O/c24-16-20-21(28-9-6-19(7-10-28)18-4-2-1-3-5-18)8-11-29-22(25-26-23(20)29)17-27-12-14-30-15-13-27/h1-5,8,11,19H,6-7,9-10,12-15,17H2. The molecule has 0 atom stereocenters. The van der Waals surface area contributed by atoms with Crippen molar-refractivity contribution >= 4 is 11.3 Å². The predicted molar refractivity (Wildman–Crippen MR) is 114 cm³/mol. The Bertz CT molecular complexity index is 1040. The summed E-state index contributed by atoms with van der Waals surface area (Å²) in [5, 5.41) is 18.7. The first-order chi connectivity index (χ1) is 14.8. The third kappa shape index (κ3) is 3.64. The number of nitrogens with zero attached hydrogens (tertiary/aromatic N) is 6. The maximum Gasteiger partial charge on any atom is 0.180 e. The number of pyridine rings is 1. The van der Waals surface area contributed by atoms with Gasteiger partial charge in [0.05, 0.1) is 25.4 Å². The maximum atomic E-state index is 9.92. The first kappa shape index (κ1) is 19.0. The fraction of sp³-hybridized carbons (Fsp3) is 0.435. The molecule has 7 nitrogen and oxygen atoms in total. The van der Waals surface area contributed by atoms with Crippen LogP contribution in [0.15, 0.2) is 42.6 Å². The Hall–Kier alpha value is -2.95. The topological polar surface area (TPSA) is 69.7 Å². The Balaban J connectivity index is 1.36. The van der Waals surface area contributed by atoms with E-state index >= 15 is 0 Å². The number of piperidine rings is 1. The minimum Gasteiger partial charge on any atom is -0.379 e. The van der Waals surface area contributed by atoms with Crippen LogP contribution in [-0.4, -0.2) is 58.9 Å². The largest absolute Gasteiger partial charge is 0.379 e. The van der Waals surface area contributed by atoms with Crippen molar-refractivity contribution in [2.45, 2.75) is 25.3 Å². The molecule has 7 heteroatoms. The van der Waals surface area contributed by atoms with Gasteiger partial charge >= 0.3 is 0 Å². The molecule has 4 heterocycles. The highest BCUT2D eigenvalue weighted by atomic mass is 16.5. The molecule has 0 spiro atoms. The lowest BCUT2D eigenvalue weighted by atomic mass is 9.89. The zero-order chi connectivity index (χ0) is 20.3. The van der Waals surface area contributed by atoms with Crippen molar-refractivity contribution in [1.82, 2.24) is 19.5 Å². The van der Waals surface area contributed by atoms with E-state index in [-0.39, 0.29) is 0 Å². The number of fused-ring (bicyclic) bond motifs is 1. The Kier molecular flexibility index (Phi) is 5.35. The van der Waals surface area contributed by atoms with E-state index in [9.17, 15) is 5.26 Å². The molecule has 2 fully saturated rings. The molecule has 0 amide bonds. The average Bonchev–Trinajstić information content (AvgIpc) is 3.22. The number of hydrogen-bond acceptors (Lipinski definition) is 6. The van der Waals surface area contributed by atoms with E-state index in [1.807, 2.05) is 10.6 Å². The monoisotopic (exact) mass is 402 g/mol. The van der Waals surface area contributed by atoms with Gasteiger partial charge in [-0.2, -0.15) is 5.26 Å². The highest BCUT2D eigenvalue weighted by Crippen LogP contribution is 2.32. The van der Waals surface area contributed by atoms with Gasteiger partial charge in [-0.1, -0.05) is 30.3 Å². The average molecular weight is 403 g/mol. The molecule has 0 N–H and O–H groups in total. The number of rotatable bonds is 4. The van der Waals surface area contributed by atoms with Crippen LogP contribution in [-0.2, 0) is 11.3 Å². The Labute approximate surface area is 176 Å². The number of hydrogen-bond donors (Lipinski definition) is 0. The predicted octanol–water partition coefficient (Wildman–Crippen LogP) is 2.82. The first-order valence-electron chi connectivity index (χ1n) is 10.7. The van der Waals surface area contributed by atoms with Crippen molar-refractivity contribution in [1.29, 1.82) is 5.26 Å². The maximum absolute atomic E-state index is 9.92. The molecule has 0 aliphatic carbocycles. The molecule has 2 saturated heterocycles. The summed E-state index contributed by atoms with van der Waals surface area (Å²) >= 11 is 0. The van der Waals surface area contributed by atoms with Crippen molar-refractivity contribution < 1.29 is 4.74 Å². The van der Waals surface area contributed by atoms with Gasteiger partial charge < -0.3 is 9.64 Å². The molecule has 0 saturated carbocycles. The molecule has 0 bridgehead atoms. The fourth-order valence-corrected chi connectivity index (χ4v) is 4.61. The van der Waals surface area contributed by atoms with Crippen molar-refractivity contribution in [3.8, 4) is 6.07 Å². The summed E-state index contributed by atoms with van der Waals surface area (Å²) in [5.74, 6) is 1.46. The van der Waals surface area contributed by atoms with E-state index in [2.05, 4.69) is 62.5 Å². The Morgan fingerprint density at radius 1 is 1.00 bits per heavy atom. The van der Waals surface area contributed by atoms with Crippen molar-refractivity contribution in [3.63, 3.8) is 0 Å². The van der Waals surface area contributed by atoms with E-state index in [1.54, 1.807) is 0 Å². The molecule has 1 aromatic carbocycles. The molecule has 154 valence electrons. The van der Waals surface area contributed by atoms with Crippen molar-refractivity contribution in [2.24, 2.45) is 0 Å². The van der Waals surface area contributed by atoms with E-state index in [4.69, 9.17) is 4.74 Å². The van der Waals surface area contributed by atoms with Gasteiger partial charge in [0, 0.05) is 32.4 Å². The summed E-state index contributed by atoms with van der Waals surface area (Å²) in [7, 11) is 0. The van der Waals surface area contributed by atoms with Gasteiger partial charge in [-0.05, 0) is 30.4 Å². The SMILES string of the molecule is N#Cc1c(N2CCC(c3ccccc3)CC2)ccn2c(CN3CCOCC3)nnc12. The van der Waals surface area contributed by atoms with E-state index in [0.29, 0.717) is 17.1 Å². The summed E-state index contributed by atoms with van der Waals surface area (Å²) in [6.07, 6.45) is 4.20. The van der Waals surface area contributed by atoms with Crippen LogP contribution in [0.1, 0.15) is 35.7 Å². The molecule has 2 aliphatic rings. The molecule has 2 aromatic heterocycles. The number of ether oxygens (including phenoxy) is 1. The number of anilines is 1. The second-order valence-electron chi connectivity index (χ2n) is 8.06. The van der Waals surface area contributed by atoms with Crippen molar-refractivity contribution in [2.75, 3.05) is 44.3 Å². The van der Waals surface area contributed by atoms with Gasteiger partial charge in [0.1, 0.15) is 11.6 Å². The van der Waals surface area contributed by atoms with Crippen LogP contribution in [0.3, 0.4) is 0 Å². The third-order valence-corrected chi connectivity index (χ3v) is 6.31. The van der Waals surface area contributed by atoms with Crippen LogP contribution in [0.4, 0.5) is 5.69 Å². The molecule has 0 unspecified atom stereocenters. The molecule has 0 radical (unpaired) electrons. The number of benzene rings is 1. The lowest BCUT2D eigenvalue weighted by molar-refractivity contribution is 0.0329. The fourth-order valence-electron chi connectivity index (χ4n) is 4.61. The molecule has 3 aromatic rings. The summed E-state index contributed by atoms with van der Waals surface area (Å²) < 4.78 is 7.39. The van der Waals surface area contributed by atoms with Gasteiger partial charge in [-0.15, -0.1) is 10.2 Å². The summed E-state index contributed by atoms with van der Waals surface area (Å²) in [4.78, 5) is 4.64. The lowest BCUT2D eigenvalue weighted by Gasteiger charge is -2.34. The number of aromatic nitrogens is 3. The molecular weight excluding hydrogens is 376 g/mol. The van der Waals surface area contributed by atoms with Gasteiger partial charge in [-0.3, -0.25) is 9.30 Å². The number of nitriles is 1. The van der Waals surface area contributed by atoms with Crippen molar-refractivity contribution in [3.05, 3.63) is 59.5 Å². The molecular formula is C23H26N6O. The summed E-state index contributed by atoms with van der Waals surface area (Å²) in [6.45, 7) is 5.91.